The van der Waals surface area contributed by atoms with Crippen LogP contribution in [0.15, 0.2) is 95.9 Å². The minimum absolute atomic E-state index is 0.212. The molecule has 0 radical (unpaired) electrons. The zero-order valence-corrected chi connectivity index (χ0v) is 21.2. The molecule has 4 rings (SSSR count). The van der Waals surface area contributed by atoms with E-state index in [0.717, 1.165) is 34.8 Å². The normalized spacial score (nSPS) is 18.4. The van der Waals surface area contributed by atoms with Gasteiger partial charge in [0.05, 0.1) is 29.4 Å². The third kappa shape index (κ3) is 7.64. The molecular weight excluding hydrogens is 488 g/mol. The average molecular weight is 519 g/mol. The summed E-state index contributed by atoms with van der Waals surface area (Å²) in [5.74, 6) is -0.547. The van der Waals surface area contributed by atoms with Crippen LogP contribution in [0.3, 0.4) is 0 Å². The van der Waals surface area contributed by atoms with Crippen LogP contribution in [0.1, 0.15) is 35.2 Å². The summed E-state index contributed by atoms with van der Waals surface area (Å²) < 4.78 is 11.0. The van der Waals surface area contributed by atoms with Crippen LogP contribution in [-0.2, 0) is 11.2 Å². The number of ether oxygens (including phenoxy) is 2. The summed E-state index contributed by atoms with van der Waals surface area (Å²) in [6.45, 7) is 1.29. The lowest BCUT2D eigenvalue weighted by Crippen LogP contribution is -2.10. The second-order valence-electron chi connectivity index (χ2n) is 8.95. The largest absolute Gasteiger partial charge is 0.494 e. The Morgan fingerprint density at radius 2 is 1.49 bits per heavy atom. The second-order valence-corrected chi connectivity index (χ2v) is 10.4. The number of rotatable bonds is 14. The van der Waals surface area contributed by atoms with Crippen LogP contribution in [0.5, 0.6) is 11.5 Å². The van der Waals surface area contributed by atoms with E-state index in [1.807, 2.05) is 66.7 Å². The van der Waals surface area contributed by atoms with E-state index in [9.17, 15) is 14.7 Å². The molecule has 0 aromatic heterocycles. The summed E-state index contributed by atoms with van der Waals surface area (Å²) >= 11 is 1.48. The Bertz CT molecular complexity index is 1210. The smallest absolute Gasteiger partial charge is 0.335 e. The Balaban J connectivity index is 1.22. The van der Waals surface area contributed by atoms with E-state index >= 15 is 0 Å². The van der Waals surface area contributed by atoms with Crippen LogP contribution in [-0.4, -0.2) is 40.1 Å². The number of aromatic carboxylic acids is 1. The number of thioether (sulfide) groups is 1. The molecule has 1 aliphatic carbocycles. The van der Waals surface area contributed by atoms with Gasteiger partial charge in [0, 0.05) is 4.90 Å². The molecule has 1 aliphatic rings. The SMILES string of the molecule is O=C(O)c1ccc(SC2(/C=C\Cc3ccc(OCCCCOc4ccccc4)cc3)CC2C(=O)O)cc1. The first-order valence-corrected chi connectivity index (χ1v) is 13.1. The van der Waals surface area contributed by atoms with Gasteiger partial charge < -0.3 is 19.7 Å². The number of carboxylic acid groups (broad SMARTS) is 2. The Kier molecular flexibility index (Phi) is 8.90. The summed E-state index contributed by atoms with van der Waals surface area (Å²) in [4.78, 5) is 23.6. The molecule has 0 bridgehead atoms. The minimum atomic E-state index is -0.981. The molecule has 0 aliphatic heterocycles. The first-order chi connectivity index (χ1) is 17.9. The van der Waals surface area contributed by atoms with E-state index in [4.69, 9.17) is 14.6 Å². The highest BCUT2D eigenvalue weighted by Gasteiger charge is 2.57. The van der Waals surface area contributed by atoms with Crippen LogP contribution in [0.2, 0.25) is 0 Å². The Morgan fingerprint density at radius 1 is 0.865 bits per heavy atom. The second kappa shape index (κ2) is 12.5. The first-order valence-electron chi connectivity index (χ1n) is 12.3. The minimum Gasteiger partial charge on any atom is -0.494 e. The van der Waals surface area contributed by atoms with Gasteiger partial charge in [-0.2, -0.15) is 0 Å². The molecule has 3 aromatic rings. The molecular formula is C30H30O6S. The number of hydrogen-bond donors (Lipinski definition) is 2. The molecule has 0 amide bonds. The number of carbonyl (C=O) groups is 2. The number of para-hydroxylation sites is 1. The van der Waals surface area contributed by atoms with E-state index in [1.165, 1.54) is 11.8 Å². The Morgan fingerprint density at radius 3 is 2.05 bits per heavy atom. The molecule has 2 atom stereocenters. The number of benzene rings is 3. The molecule has 3 aromatic carbocycles. The molecule has 37 heavy (non-hydrogen) atoms. The standard InChI is InChI=1S/C30H30O6S/c31-28(32)23-12-16-26(17-13-23)37-30(21-27(30)29(33)34)18-6-7-22-10-14-25(15-11-22)36-20-5-4-19-35-24-8-2-1-3-9-24/h1-3,6,8-18,27H,4-5,7,19-21H2,(H,31,32)(H,33,34)/b18-6-. The topological polar surface area (TPSA) is 93.1 Å². The monoisotopic (exact) mass is 518 g/mol. The van der Waals surface area contributed by atoms with Crippen molar-refractivity contribution in [3.8, 4) is 11.5 Å². The van der Waals surface area contributed by atoms with Crippen molar-refractivity contribution in [1.29, 1.82) is 0 Å². The van der Waals surface area contributed by atoms with Gasteiger partial charge in [-0.15, -0.1) is 11.8 Å². The van der Waals surface area contributed by atoms with E-state index in [0.29, 0.717) is 26.1 Å². The molecule has 7 heteroatoms. The van der Waals surface area contributed by atoms with Gasteiger partial charge >= 0.3 is 11.9 Å². The molecule has 6 nitrogen and oxygen atoms in total. The van der Waals surface area contributed by atoms with Gasteiger partial charge in [0.15, 0.2) is 0 Å². The van der Waals surface area contributed by atoms with Crippen molar-refractivity contribution in [2.75, 3.05) is 13.2 Å². The summed E-state index contributed by atoms with van der Waals surface area (Å²) in [7, 11) is 0. The predicted molar refractivity (Wildman–Crippen MR) is 144 cm³/mol. The van der Waals surface area contributed by atoms with Gasteiger partial charge in [-0.3, -0.25) is 4.79 Å². The molecule has 2 unspecified atom stereocenters. The van der Waals surface area contributed by atoms with E-state index in [-0.39, 0.29) is 5.56 Å². The number of aliphatic carboxylic acids is 1. The van der Waals surface area contributed by atoms with Gasteiger partial charge in [-0.25, -0.2) is 4.79 Å². The third-order valence-corrected chi connectivity index (χ3v) is 7.63. The van der Waals surface area contributed by atoms with E-state index < -0.39 is 22.6 Å². The lowest BCUT2D eigenvalue weighted by Gasteiger charge is -2.12. The highest BCUT2D eigenvalue weighted by atomic mass is 32.2. The van der Waals surface area contributed by atoms with Crippen LogP contribution in [0.4, 0.5) is 0 Å². The summed E-state index contributed by atoms with van der Waals surface area (Å²) in [5.41, 5.74) is 1.32. The Hall–Kier alpha value is -3.71. The van der Waals surface area contributed by atoms with Crippen molar-refractivity contribution >= 4 is 23.7 Å². The van der Waals surface area contributed by atoms with Gasteiger partial charge in [-0.05, 0) is 79.8 Å². The third-order valence-electron chi connectivity index (χ3n) is 6.16. The maximum atomic E-state index is 11.6. The lowest BCUT2D eigenvalue weighted by atomic mass is 10.1. The fourth-order valence-corrected chi connectivity index (χ4v) is 5.36. The number of hydrogen-bond acceptors (Lipinski definition) is 5. The highest BCUT2D eigenvalue weighted by molar-refractivity contribution is 8.01. The van der Waals surface area contributed by atoms with Gasteiger partial charge in [-0.1, -0.05) is 42.5 Å². The number of allylic oxidation sites excluding steroid dienone is 1. The molecule has 2 N–H and O–H groups in total. The summed E-state index contributed by atoms with van der Waals surface area (Å²) in [5, 5.41) is 18.6. The average Bonchev–Trinajstić information content (AvgIpc) is 3.62. The van der Waals surface area contributed by atoms with Gasteiger partial charge in [0.25, 0.3) is 0 Å². The van der Waals surface area contributed by atoms with Crippen molar-refractivity contribution in [3.63, 3.8) is 0 Å². The summed E-state index contributed by atoms with van der Waals surface area (Å²) in [6, 6.07) is 24.3. The maximum Gasteiger partial charge on any atom is 0.335 e. The Labute approximate surface area is 220 Å². The van der Waals surface area contributed by atoms with E-state index in [2.05, 4.69) is 0 Å². The maximum absolute atomic E-state index is 11.6. The fraction of sp³-hybridized carbons (Fsp3) is 0.267. The number of carboxylic acids is 2. The van der Waals surface area contributed by atoms with E-state index in [1.54, 1.807) is 24.3 Å². The zero-order chi connectivity index (χ0) is 26.1. The molecule has 0 saturated heterocycles. The van der Waals surface area contributed by atoms with Gasteiger partial charge in [0.1, 0.15) is 11.5 Å². The van der Waals surface area contributed by atoms with Gasteiger partial charge in [0.2, 0.25) is 0 Å². The lowest BCUT2D eigenvalue weighted by molar-refractivity contribution is -0.138. The molecule has 1 saturated carbocycles. The highest BCUT2D eigenvalue weighted by Crippen LogP contribution is 2.58. The molecule has 0 spiro atoms. The number of unbranched alkanes of at least 4 members (excludes halogenated alkanes) is 1. The van der Waals surface area contributed by atoms with Crippen LogP contribution in [0.25, 0.3) is 0 Å². The fourth-order valence-electron chi connectivity index (χ4n) is 3.99. The molecule has 192 valence electrons. The van der Waals surface area contributed by atoms with Crippen LogP contribution < -0.4 is 9.47 Å². The van der Waals surface area contributed by atoms with Crippen molar-refractivity contribution in [1.82, 2.24) is 0 Å². The summed E-state index contributed by atoms with van der Waals surface area (Å²) in [6.07, 6.45) is 7.06. The quantitative estimate of drug-likeness (QED) is 0.190. The van der Waals surface area contributed by atoms with Crippen molar-refractivity contribution in [2.24, 2.45) is 5.92 Å². The van der Waals surface area contributed by atoms with Crippen molar-refractivity contribution < 1.29 is 29.3 Å². The van der Waals surface area contributed by atoms with Crippen molar-refractivity contribution in [3.05, 3.63) is 102 Å². The molecule has 1 fully saturated rings. The van der Waals surface area contributed by atoms with Crippen LogP contribution >= 0.6 is 11.8 Å². The molecule has 0 heterocycles. The van der Waals surface area contributed by atoms with Crippen molar-refractivity contribution in [2.45, 2.75) is 35.3 Å². The predicted octanol–water partition coefficient (Wildman–Crippen LogP) is 6.36. The zero-order valence-electron chi connectivity index (χ0n) is 20.4. The van der Waals surface area contributed by atoms with Crippen LogP contribution in [0, 0.1) is 5.92 Å². The first kappa shape index (κ1) is 26.4.